The van der Waals surface area contributed by atoms with E-state index in [0.29, 0.717) is 38.2 Å². The molecule has 1 aromatic carbocycles. The number of carbonyl (C=O) groups excluding carboxylic acids is 2. The van der Waals surface area contributed by atoms with Gasteiger partial charge >= 0.3 is 0 Å². The van der Waals surface area contributed by atoms with E-state index in [9.17, 15) is 14.0 Å². The number of imidazole rings is 1. The smallest absolute Gasteiger partial charge is 0.274 e. The molecule has 2 aromatic heterocycles. The van der Waals surface area contributed by atoms with Crippen molar-refractivity contribution in [1.82, 2.24) is 19.4 Å². The fourth-order valence-electron chi connectivity index (χ4n) is 4.36. The minimum Gasteiger partial charge on any atom is -0.365 e. The quantitative estimate of drug-likeness (QED) is 0.661. The first-order chi connectivity index (χ1) is 16.1. The van der Waals surface area contributed by atoms with Gasteiger partial charge in [-0.05, 0) is 42.7 Å². The average Bonchev–Trinajstić information content (AvgIpc) is 3.28. The van der Waals surface area contributed by atoms with E-state index in [1.54, 1.807) is 47.9 Å². The summed E-state index contributed by atoms with van der Waals surface area (Å²) in [6.07, 6.45) is 5.91. The number of aromatic nitrogens is 3. The molecular weight excluding hydrogens is 425 g/mol. The fourth-order valence-corrected chi connectivity index (χ4v) is 4.36. The van der Waals surface area contributed by atoms with Gasteiger partial charge in [0.1, 0.15) is 11.9 Å². The summed E-state index contributed by atoms with van der Waals surface area (Å²) in [5.41, 5.74) is 2.75. The van der Waals surface area contributed by atoms with Crippen LogP contribution in [0.15, 0.2) is 55.1 Å². The lowest BCUT2D eigenvalue weighted by Crippen LogP contribution is -2.42. The Kier molecular flexibility index (Phi) is 5.87. The normalized spacial score (nSPS) is 18.6. The van der Waals surface area contributed by atoms with Crippen molar-refractivity contribution >= 4 is 17.5 Å². The zero-order valence-electron chi connectivity index (χ0n) is 18.0. The first-order valence-electron chi connectivity index (χ1n) is 11.0. The number of pyridine rings is 1. The van der Waals surface area contributed by atoms with Gasteiger partial charge in [-0.25, -0.2) is 9.37 Å². The molecule has 5 rings (SSSR count). The summed E-state index contributed by atoms with van der Waals surface area (Å²) in [7, 11) is 0. The van der Waals surface area contributed by atoms with E-state index in [4.69, 9.17) is 4.74 Å². The predicted molar refractivity (Wildman–Crippen MR) is 118 cm³/mol. The Hall–Kier alpha value is -3.59. The van der Waals surface area contributed by atoms with E-state index in [0.717, 1.165) is 16.9 Å². The fraction of sp³-hybridized carbons (Fsp3) is 0.333. The molecule has 2 aliphatic heterocycles. The predicted octanol–water partition coefficient (Wildman–Crippen LogP) is 3.18. The van der Waals surface area contributed by atoms with Gasteiger partial charge in [-0.1, -0.05) is 12.1 Å². The van der Waals surface area contributed by atoms with E-state index >= 15 is 0 Å². The van der Waals surface area contributed by atoms with Crippen molar-refractivity contribution in [3.8, 4) is 0 Å². The summed E-state index contributed by atoms with van der Waals surface area (Å²) in [5, 5.41) is 2.91. The summed E-state index contributed by atoms with van der Waals surface area (Å²) in [5.74, 6) is -0.601. The first-order valence-corrected chi connectivity index (χ1v) is 11.0. The number of hydrogen-bond acceptors (Lipinski definition) is 5. The minimum absolute atomic E-state index is 0.0343. The van der Waals surface area contributed by atoms with Crippen LogP contribution in [0.2, 0.25) is 0 Å². The van der Waals surface area contributed by atoms with Crippen LogP contribution in [-0.4, -0.2) is 44.3 Å². The molecule has 1 N–H and O–H groups in total. The molecule has 9 heteroatoms. The van der Waals surface area contributed by atoms with Gasteiger partial charge in [-0.2, -0.15) is 0 Å². The van der Waals surface area contributed by atoms with Crippen LogP contribution in [0.5, 0.6) is 0 Å². The molecule has 1 atom stereocenters. The lowest BCUT2D eigenvalue weighted by Gasteiger charge is -2.31. The molecule has 2 aliphatic rings. The van der Waals surface area contributed by atoms with Gasteiger partial charge in [-0.3, -0.25) is 14.6 Å². The monoisotopic (exact) mass is 449 g/mol. The zero-order valence-corrected chi connectivity index (χ0v) is 18.0. The molecule has 2 amide bonds. The average molecular weight is 449 g/mol. The molecule has 3 aromatic rings. The van der Waals surface area contributed by atoms with E-state index in [-0.39, 0.29) is 36.3 Å². The largest absolute Gasteiger partial charge is 0.365 e. The van der Waals surface area contributed by atoms with Crippen molar-refractivity contribution < 1.29 is 18.7 Å². The third-order valence-electron chi connectivity index (χ3n) is 6.28. The van der Waals surface area contributed by atoms with E-state index < -0.39 is 0 Å². The van der Waals surface area contributed by atoms with Crippen LogP contribution >= 0.6 is 0 Å². The molecule has 0 saturated carbocycles. The number of ether oxygens (including phenoxy) is 1. The van der Waals surface area contributed by atoms with E-state index in [1.165, 1.54) is 12.1 Å². The van der Waals surface area contributed by atoms with Crippen molar-refractivity contribution in [3.05, 3.63) is 77.9 Å². The van der Waals surface area contributed by atoms with Crippen LogP contribution in [0.4, 0.5) is 10.1 Å². The van der Waals surface area contributed by atoms with Gasteiger partial charge < -0.3 is 19.5 Å². The highest BCUT2D eigenvalue weighted by molar-refractivity contribution is 5.95. The number of nitrogens with one attached hydrogen (secondary N) is 1. The number of hydrogen-bond donors (Lipinski definition) is 1. The Morgan fingerprint density at radius 1 is 1.06 bits per heavy atom. The first kappa shape index (κ1) is 21.3. The van der Waals surface area contributed by atoms with Gasteiger partial charge in [0.2, 0.25) is 5.91 Å². The third kappa shape index (κ3) is 4.49. The molecule has 4 heterocycles. The number of rotatable bonds is 4. The molecule has 1 saturated heterocycles. The summed E-state index contributed by atoms with van der Waals surface area (Å²) in [4.78, 5) is 35.8. The summed E-state index contributed by atoms with van der Waals surface area (Å²) in [6.45, 7) is 1.77. The molecular formula is C24H24FN5O3. The Bertz CT molecular complexity index is 1140. The van der Waals surface area contributed by atoms with Crippen molar-refractivity contribution in [2.75, 3.05) is 18.4 Å². The lowest BCUT2D eigenvalue weighted by atomic mass is 9.95. The second-order valence-corrected chi connectivity index (χ2v) is 8.34. The zero-order chi connectivity index (χ0) is 22.8. The van der Waals surface area contributed by atoms with Gasteiger partial charge in [0.15, 0.2) is 5.69 Å². The molecule has 170 valence electrons. The SMILES string of the molecule is O=C(Nc1ccncc1)C1CCN(C(=O)c2ncn3c2COC(c2ccc(F)cc2)C3)CC1. The number of amides is 2. The Labute approximate surface area is 190 Å². The standard InChI is InChI=1S/C24H24FN5O3/c25-18-3-1-16(2-4-18)21-13-30-15-27-22(20(30)14-33-21)24(32)29-11-7-17(8-12-29)23(31)28-19-5-9-26-10-6-19/h1-6,9-10,15,17,21H,7-8,11-14H2,(H,26,28,31). The molecule has 1 unspecified atom stereocenters. The van der Waals surface area contributed by atoms with Gasteiger partial charge in [0, 0.05) is 37.1 Å². The van der Waals surface area contributed by atoms with Gasteiger partial charge in [0.25, 0.3) is 5.91 Å². The van der Waals surface area contributed by atoms with Crippen LogP contribution in [0, 0.1) is 11.7 Å². The number of nitrogens with zero attached hydrogens (tertiary/aromatic N) is 4. The van der Waals surface area contributed by atoms with Crippen molar-refractivity contribution in [2.24, 2.45) is 5.92 Å². The summed E-state index contributed by atoms with van der Waals surface area (Å²) < 4.78 is 21.1. The number of fused-ring (bicyclic) bond motifs is 1. The number of benzene rings is 1. The maximum absolute atomic E-state index is 13.2. The van der Waals surface area contributed by atoms with Crippen molar-refractivity contribution in [2.45, 2.75) is 32.1 Å². The Morgan fingerprint density at radius 2 is 1.79 bits per heavy atom. The van der Waals surface area contributed by atoms with E-state index in [1.807, 2.05) is 4.57 Å². The van der Waals surface area contributed by atoms with Crippen LogP contribution in [0.3, 0.4) is 0 Å². The number of carbonyl (C=O) groups is 2. The van der Waals surface area contributed by atoms with Crippen molar-refractivity contribution in [3.63, 3.8) is 0 Å². The highest BCUT2D eigenvalue weighted by atomic mass is 19.1. The van der Waals surface area contributed by atoms with Crippen LogP contribution in [-0.2, 0) is 22.7 Å². The van der Waals surface area contributed by atoms with Crippen LogP contribution < -0.4 is 5.32 Å². The molecule has 33 heavy (non-hydrogen) atoms. The highest BCUT2D eigenvalue weighted by Gasteiger charge is 2.32. The number of piperidine rings is 1. The highest BCUT2D eigenvalue weighted by Crippen LogP contribution is 2.29. The number of likely N-dealkylation sites (tertiary alicyclic amines) is 1. The van der Waals surface area contributed by atoms with Crippen LogP contribution in [0.1, 0.15) is 40.7 Å². The maximum atomic E-state index is 13.2. The Morgan fingerprint density at radius 3 is 2.52 bits per heavy atom. The minimum atomic E-state index is -0.288. The molecule has 0 spiro atoms. The number of anilines is 1. The van der Waals surface area contributed by atoms with Crippen LogP contribution in [0.25, 0.3) is 0 Å². The molecule has 0 bridgehead atoms. The molecule has 0 radical (unpaired) electrons. The second kappa shape index (κ2) is 9.11. The third-order valence-corrected chi connectivity index (χ3v) is 6.28. The van der Waals surface area contributed by atoms with Gasteiger partial charge in [-0.15, -0.1) is 0 Å². The molecule has 0 aliphatic carbocycles. The number of halogens is 1. The lowest BCUT2D eigenvalue weighted by molar-refractivity contribution is -0.121. The maximum Gasteiger partial charge on any atom is 0.274 e. The summed E-state index contributed by atoms with van der Waals surface area (Å²) in [6, 6.07) is 9.75. The molecule has 8 nitrogen and oxygen atoms in total. The van der Waals surface area contributed by atoms with Crippen molar-refractivity contribution in [1.29, 1.82) is 0 Å². The second-order valence-electron chi connectivity index (χ2n) is 8.34. The Balaban J connectivity index is 1.19. The molecule has 1 fully saturated rings. The van der Waals surface area contributed by atoms with Gasteiger partial charge in [0.05, 0.1) is 25.2 Å². The summed E-state index contributed by atoms with van der Waals surface area (Å²) >= 11 is 0. The topological polar surface area (TPSA) is 89.4 Å². The van der Waals surface area contributed by atoms with E-state index in [2.05, 4.69) is 15.3 Å².